The van der Waals surface area contributed by atoms with E-state index < -0.39 is 0 Å². The minimum Gasteiger partial charge on any atom is -0.208 e. The van der Waals surface area contributed by atoms with Crippen LogP contribution in [-0.2, 0) is 7.05 Å². The first-order chi connectivity index (χ1) is 7.81. The monoisotopic (exact) mass is 236 g/mol. The molecule has 1 heterocycles. The summed E-state index contributed by atoms with van der Waals surface area (Å²) >= 11 is 2.03. The van der Waals surface area contributed by atoms with Crippen LogP contribution in [0.25, 0.3) is 0 Å². The molecule has 0 saturated heterocycles. The molecule has 0 aliphatic heterocycles. The standard InChI is InChI=1S/C14H22NS/c1-15-10-8-13(9-11-15)14(16-2)12-6-4-3-5-7-12/h8-12,14H,3-7H2,1-2H3/q+1. The number of aryl methyl sites for hydroxylation is 1. The highest BCUT2D eigenvalue weighted by atomic mass is 32.2. The predicted molar refractivity (Wildman–Crippen MR) is 70.4 cm³/mol. The van der Waals surface area contributed by atoms with Crippen molar-refractivity contribution in [3.63, 3.8) is 0 Å². The van der Waals surface area contributed by atoms with Gasteiger partial charge in [0, 0.05) is 17.4 Å². The number of hydrogen-bond donors (Lipinski definition) is 0. The van der Waals surface area contributed by atoms with Gasteiger partial charge < -0.3 is 0 Å². The van der Waals surface area contributed by atoms with E-state index in [4.69, 9.17) is 0 Å². The van der Waals surface area contributed by atoms with Gasteiger partial charge in [0.1, 0.15) is 7.05 Å². The van der Waals surface area contributed by atoms with Crippen LogP contribution >= 0.6 is 11.8 Å². The molecule has 1 aromatic heterocycles. The summed E-state index contributed by atoms with van der Waals surface area (Å²) in [5, 5.41) is 0.710. The van der Waals surface area contributed by atoms with E-state index in [-0.39, 0.29) is 0 Å². The number of thioether (sulfide) groups is 1. The molecule has 0 bridgehead atoms. The van der Waals surface area contributed by atoms with Crippen molar-refractivity contribution >= 4 is 11.8 Å². The SMILES string of the molecule is CSC(c1cc[n+](C)cc1)C1CCCCC1. The fraction of sp³-hybridized carbons (Fsp3) is 0.643. The van der Waals surface area contributed by atoms with E-state index in [0.29, 0.717) is 5.25 Å². The fourth-order valence-corrected chi connectivity index (χ4v) is 3.83. The van der Waals surface area contributed by atoms with Crippen LogP contribution in [0.15, 0.2) is 24.5 Å². The third-order valence-corrected chi connectivity index (χ3v) is 4.83. The average molecular weight is 236 g/mol. The summed E-state index contributed by atoms with van der Waals surface area (Å²) in [6.45, 7) is 0. The first-order valence-corrected chi connectivity index (χ1v) is 7.58. The molecule has 16 heavy (non-hydrogen) atoms. The minimum atomic E-state index is 0.710. The van der Waals surface area contributed by atoms with E-state index in [2.05, 4.69) is 42.4 Å². The Hall–Kier alpha value is -0.500. The van der Waals surface area contributed by atoms with E-state index in [9.17, 15) is 0 Å². The number of pyridine rings is 1. The lowest BCUT2D eigenvalue weighted by atomic mass is 9.84. The summed E-state index contributed by atoms with van der Waals surface area (Å²) in [5.41, 5.74) is 1.51. The maximum Gasteiger partial charge on any atom is 0.168 e. The zero-order valence-electron chi connectivity index (χ0n) is 10.4. The summed E-state index contributed by atoms with van der Waals surface area (Å²) in [4.78, 5) is 0. The van der Waals surface area contributed by atoms with E-state index in [1.807, 2.05) is 11.8 Å². The lowest BCUT2D eigenvalue weighted by molar-refractivity contribution is -0.671. The maximum absolute atomic E-state index is 2.29. The summed E-state index contributed by atoms with van der Waals surface area (Å²) in [6.07, 6.45) is 13.8. The van der Waals surface area contributed by atoms with E-state index >= 15 is 0 Å². The first kappa shape index (κ1) is 12.0. The minimum absolute atomic E-state index is 0.710. The number of aromatic nitrogens is 1. The molecule has 2 rings (SSSR count). The van der Waals surface area contributed by atoms with E-state index in [1.165, 1.54) is 37.7 Å². The Morgan fingerprint density at radius 2 is 1.81 bits per heavy atom. The fourth-order valence-electron chi connectivity index (χ4n) is 2.74. The first-order valence-electron chi connectivity index (χ1n) is 6.29. The Balaban J connectivity index is 2.11. The van der Waals surface area contributed by atoms with E-state index in [0.717, 1.165) is 5.92 Å². The number of hydrogen-bond acceptors (Lipinski definition) is 1. The second-order valence-electron chi connectivity index (χ2n) is 4.85. The van der Waals surface area contributed by atoms with E-state index in [1.54, 1.807) is 0 Å². The molecule has 1 atom stereocenters. The third-order valence-electron chi connectivity index (χ3n) is 3.66. The van der Waals surface area contributed by atoms with Crippen molar-refractivity contribution in [3.05, 3.63) is 30.1 Å². The average Bonchev–Trinajstić information content (AvgIpc) is 2.34. The zero-order chi connectivity index (χ0) is 11.4. The van der Waals surface area contributed by atoms with Crippen LogP contribution in [0.1, 0.15) is 42.9 Å². The van der Waals surface area contributed by atoms with Gasteiger partial charge in [0.25, 0.3) is 0 Å². The molecule has 0 spiro atoms. The van der Waals surface area contributed by atoms with Gasteiger partial charge in [-0.25, -0.2) is 4.57 Å². The lowest BCUT2D eigenvalue weighted by Crippen LogP contribution is -2.26. The number of nitrogens with zero attached hydrogens (tertiary/aromatic N) is 1. The Kier molecular flexibility index (Phi) is 4.28. The topological polar surface area (TPSA) is 3.88 Å². The van der Waals surface area contributed by atoms with Crippen molar-refractivity contribution in [2.75, 3.05) is 6.26 Å². The Morgan fingerprint density at radius 1 is 1.19 bits per heavy atom. The molecule has 1 unspecified atom stereocenters. The van der Waals surface area contributed by atoms with Crippen molar-refractivity contribution in [2.24, 2.45) is 13.0 Å². The molecule has 1 aliphatic carbocycles. The van der Waals surface area contributed by atoms with Crippen LogP contribution in [0.2, 0.25) is 0 Å². The van der Waals surface area contributed by atoms with Gasteiger partial charge in [0.05, 0.1) is 0 Å². The zero-order valence-corrected chi connectivity index (χ0v) is 11.2. The van der Waals surface area contributed by atoms with Gasteiger partial charge in [-0.3, -0.25) is 0 Å². The Morgan fingerprint density at radius 3 is 2.38 bits per heavy atom. The smallest absolute Gasteiger partial charge is 0.168 e. The van der Waals surface area contributed by atoms with Gasteiger partial charge >= 0.3 is 0 Å². The molecule has 1 aliphatic rings. The highest BCUT2D eigenvalue weighted by Gasteiger charge is 2.24. The molecule has 0 radical (unpaired) electrons. The molecular weight excluding hydrogens is 214 g/mol. The van der Waals surface area contributed by atoms with Gasteiger partial charge in [-0.15, -0.1) is 0 Å². The Bertz CT molecular complexity index is 314. The molecule has 1 aromatic rings. The Labute approximate surface area is 103 Å². The summed E-state index contributed by atoms with van der Waals surface area (Å²) in [6, 6.07) is 4.57. The summed E-state index contributed by atoms with van der Waals surface area (Å²) < 4.78 is 2.11. The van der Waals surface area contributed by atoms with Crippen LogP contribution in [0.3, 0.4) is 0 Å². The van der Waals surface area contributed by atoms with Crippen LogP contribution in [-0.4, -0.2) is 6.26 Å². The van der Waals surface area contributed by atoms with Crippen molar-refractivity contribution < 1.29 is 4.57 Å². The lowest BCUT2D eigenvalue weighted by Gasteiger charge is -2.29. The molecule has 0 N–H and O–H groups in total. The van der Waals surface area contributed by atoms with Gasteiger partial charge in [-0.2, -0.15) is 11.8 Å². The second-order valence-corrected chi connectivity index (χ2v) is 5.83. The van der Waals surface area contributed by atoms with Crippen LogP contribution in [0, 0.1) is 5.92 Å². The normalized spacial score (nSPS) is 19.6. The number of rotatable bonds is 3. The third kappa shape index (κ3) is 2.79. The van der Waals surface area contributed by atoms with Crippen LogP contribution in [0.4, 0.5) is 0 Å². The molecular formula is C14H22NS+. The largest absolute Gasteiger partial charge is 0.208 e. The van der Waals surface area contributed by atoms with Gasteiger partial charge in [-0.1, -0.05) is 19.3 Å². The predicted octanol–water partition coefficient (Wildman–Crippen LogP) is 3.50. The van der Waals surface area contributed by atoms with Crippen LogP contribution in [0.5, 0.6) is 0 Å². The summed E-state index contributed by atoms with van der Waals surface area (Å²) in [5.74, 6) is 0.899. The van der Waals surface area contributed by atoms with Crippen molar-refractivity contribution in [1.29, 1.82) is 0 Å². The van der Waals surface area contributed by atoms with Gasteiger partial charge in [0.2, 0.25) is 0 Å². The van der Waals surface area contributed by atoms with Crippen LogP contribution < -0.4 is 4.57 Å². The van der Waals surface area contributed by atoms with Crippen molar-refractivity contribution in [3.8, 4) is 0 Å². The highest BCUT2D eigenvalue weighted by Crippen LogP contribution is 2.41. The molecule has 0 aromatic carbocycles. The molecule has 88 valence electrons. The molecule has 1 saturated carbocycles. The highest BCUT2D eigenvalue weighted by molar-refractivity contribution is 7.98. The molecule has 2 heteroatoms. The molecule has 0 amide bonds. The molecule has 1 fully saturated rings. The second kappa shape index (κ2) is 5.72. The maximum atomic E-state index is 2.29. The van der Waals surface area contributed by atoms with Crippen molar-refractivity contribution in [2.45, 2.75) is 37.4 Å². The summed E-state index contributed by atoms with van der Waals surface area (Å²) in [7, 11) is 2.08. The quantitative estimate of drug-likeness (QED) is 0.727. The van der Waals surface area contributed by atoms with Crippen molar-refractivity contribution in [1.82, 2.24) is 0 Å². The van der Waals surface area contributed by atoms with Gasteiger partial charge in [-0.05, 0) is 30.6 Å². The molecule has 1 nitrogen and oxygen atoms in total. The van der Waals surface area contributed by atoms with Gasteiger partial charge in [0.15, 0.2) is 12.4 Å².